The summed E-state index contributed by atoms with van der Waals surface area (Å²) < 4.78 is 25.9. The molecular weight excluding hydrogens is 268 g/mol. The maximum Gasteiger partial charge on any atom is 0.212 e. The van der Waals surface area contributed by atoms with Gasteiger partial charge in [-0.2, -0.15) is 0 Å². The van der Waals surface area contributed by atoms with Crippen LogP contribution in [0.2, 0.25) is 0 Å². The van der Waals surface area contributed by atoms with Gasteiger partial charge in [-0.15, -0.1) is 0 Å². The normalized spacial score (nSPS) is 11.7. The molecule has 0 radical (unpaired) electrons. The molecule has 100 valence electrons. The molecule has 4 nitrogen and oxygen atoms in total. The van der Waals surface area contributed by atoms with Crippen molar-refractivity contribution < 1.29 is 8.42 Å². The molecule has 0 amide bonds. The third-order valence-corrected chi connectivity index (χ3v) is 4.19. The van der Waals surface area contributed by atoms with Crippen molar-refractivity contribution in [1.82, 2.24) is 4.72 Å². The lowest BCUT2D eigenvalue weighted by Gasteiger charge is -2.09. The molecule has 3 N–H and O–H groups in total. The van der Waals surface area contributed by atoms with Crippen LogP contribution in [0.15, 0.2) is 24.3 Å². The molecule has 0 aromatic heterocycles. The van der Waals surface area contributed by atoms with E-state index in [1.807, 2.05) is 19.9 Å². The van der Waals surface area contributed by atoms with Crippen LogP contribution < -0.4 is 10.5 Å². The van der Waals surface area contributed by atoms with Gasteiger partial charge in [0.05, 0.1) is 5.75 Å². The molecule has 1 aromatic carbocycles. The average molecular weight is 286 g/mol. The Morgan fingerprint density at radius 2 is 2.11 bits per heavy atom. The van der Waals surface area contributed by atoms with Gasteiger partial charge in [0.15, 0.2) is 0 Å². The number of sulfonamides is 1. The Labute approximate surface area is 114 Å². The van der Waals surface area contributed by atoms with Gasteiger partial charge in [-0.1, -0.05) is 44.3 Å². The molecule has 0 aliphatic carbocycles. The highest BCUT2D eigenvalue weighted by molar-refractivity contribution is 7.89. The summed E-state index contributed by atoms with van der Waals surface area (Å²) >= 11 is 4.88. The zero-order valence-electron chi connectivity index (χ0n) is 10.5. The van der Waals surface area contributed by atoms with Gasteiger partial charge in [-0.05, 0) is 17.5 Å². The average Bonchev–Trinajstić information content (AvgIpc) is 2.25. The fourth-order valence-electron chi connectivity index (χ4n) is 1.53. The summed E-state index contributed by atoms with van der Waals surface area (Å²) in [4.78, 5) is 0.307. The molecule has 0 spiro atoms. The van der Waals surface area contributed by atoms with Crippen molar-refractivity contribution in [2.24, 2.45) is 11.7 Å². The van der Waals surface area contributed by atoms with E-state index in [-0.39, 0.29) is 18.2 Å². The van der Waals surface area contributed by atoms with Crippen molar-refractivity contribution in [1.29, 1.82) is 0 Å². The first-order valence-electron chi connectivity index (χ1n) is 5.66. The molecule has 0 unspecified atom stereocenters. The number of benzene rings is 1. The van der Waals surface area contributed by atoms with Crippen molar-refractivity contribution in [3.05, 3.63) is 35.4 Å². The van der Waals surface area contributed by atoms with Crippen LogP contribution in [0, 0.1) is 5.92 Å². The highest BCUT2D eigenvalue weighted by Crippen LogP contribution is 2.06. The fraction of sp³-hybridized carbons (Fsp3) is 0.417. The molecule has 0 aliphatic heterocycles. The van der Waals surface area contributed by atoms with Gasteiger partial charge in [0.25, 0.3) is 0 Å². The van der Waals surface area contributed by atoms with Crippen LogP contribution in [-0.2, 0) is 16.6 Å². The number of hydrogen-bond acceptors (Lipinski definition) is 3. The van der Waals surface area contributed by atoms with Gasteiger partial charge in [0.2, 0.25) is 10.0 Å². The first-order valence-corrected chi connectivity index (χ1v) is 7.72. The van der Waals surface area contributed by atoms with Gasteiger partial charge in [-0.3, -0.25) is 0 Å². The second-order valence-electron chi connectivity index (χ2n) is 4.56. The van der Waals surface area contributed by atoms with Crippen LogP contribution >= 0.6 is 12.2 Å². The Morgan fingerprint density at radius 1 is 1.44 bits per heavy atom. The number of nitrogens with one attached hydrogen (secondary N) is 1. The van der Waals surface area contributed by atoms with E-state index in [2.05, 4.69) is 4.72 Å². The second-order valence-corrected chi connectivity index (χ2v) is 6.85. The molecule has 18 heavy (non-hydrogen) atoms. The molecular formula is C12H18N2O2S2. The first-order chi connectivity index (χ1) is 8.30. The Hall–Kier alpha value is -0.980. The highest BCUT2D eigenvalue weighted by Gasteiger charge is 2.12. The lowest BCUT2D eigenvalue weighted by Crippen LogP contribution is -2.28. The predicted octanol–water partition coefficient (Wildman–Crippen LogP) is 1.40. The monoisotopic (exact) mass is 286 g/mol. The maximum absolute atomic E-state index is 11.7. The molecule has 0 saturated heterocycles. The molecule has 6 heteroatoms. The summed E-state index contributed by atoms with van der Waals surface area (Å²) in [6.07, 6.45) is 0. The summed E-state index contributed by atoms with van der Waals surface area (Å²) in [5.41, 5.74) is 7.10. The number of thiocarbonyl (C=S) groups is 1. The molecule has 0 bridgehead atoms. The number of hydrogen-bond donors (Lipinski definition) is 2. The van der Waals surface area contributed by atoms with Crippen molar-refractivity contribution in [2.45, 2.75) is 20.4 Å². The van der Waals surface area contributed by atoms with Crippen LogP contribution in [-0.4, -0.2) is 19.2 Å². The van der Waals surface area contributed by atoms with Gasteiger partial charge in [0.1, 0.15) is 4.99 Å². The van der Waals surface area contributed by atoms with E-state index in [9.17, 15) is 8.42 Å². The van der Waals surface area contributed by atoms with E-state index in [4.69, 9.17) is 18.0 Å². The van der Waals surface area contributed by atoms with Gasteiger partial charge in [-0.25, -0.2) is 13.1 Å². The minimum atomic E-state index is -3.23. The minimum Gasteiger partial charge on any atom is -0.389 e. The van der Waals surface area contributed by atoms with E-state index in [1.165, 1.54) is 0 Å². The number of nitrogens with two attached hydrogens (primary N) is 1. The van der Waals surface area contributed by atoms with E-state index < -0.39 is 10.0 Å². The summed E-state index contributed by atoms with van der Waals surface area (Å²) in [6.45, 7) is 3.99. The van der Waals surface area contributed by atoms with Crippen molar-refractivity contribution in [3.8, 4) is 0 Å². The second kappa shape index (κ2) is 6.26. The largest absolute Gasteiger partial charge is 0.389 e. The van der Waals surface area contributed by atoms with Gasteiger partial charge < -0.3 is 5.73 Å². The Balaban J connectivity index is 2.69. The summed E-state index contributed by atoms with van der Waals surface area (Å²) in [7, 11) is -3.23. The van der Waals surface area contributed by atoms with E-state index in [0.29, 0.717) is 4.99 Å². The lowest BCUT2D eigenvalue weighted by atomic mass is 10.1. The smallest absolute Gasteiger partial charge is 0.212 e. The van der Waals surface area contributed by atoms with Crippen LogP contribution in [0.3, 0.4) is 0 Å². The zero-order valence-corrected chi connectivity index (χ0v) is 12.1. The third-order valence-electron chi connectivity index (χ3n) is 2.26. The van der Waals surface area contributed by atoms with Crippen LogP contribution in [0.4, 0.5) is 0 Å². The molecule has 1 aromatic rings. The molecule has 0 aliphatic rings. The highest BCUT2D eigenvalue weighted by atomic mass is 32.2. The topological polar surface area (TPSA) is 72.2 Å². The summed E-state index contributed by atoms with van der Waals surface area (Å²) in [5, 5.41) is 0. The fourth-order valence-corrected chi connectivity index (χ4v) is 3.03. The van der Waals surface area contributed by atoms with Gasteiger partial charge in [0, 0.05) is 12.1 Å². The van der Waals surface area contributed by atoms with E-state index >= 15 is 0 Å². The molecule has 0 atom stereocenters. The molecule has 0 heterocycles. The van der Waals surface area contributed by atoms with Crippen LogP contribution in [0.5, 0.6) is 0 Å². The summed E-state index contributed by atoms with van der Waals surface area (Å²) in [5.74, 6) is 0.229. The molecule has 0 fully saturated rings. The standard InChI is InChI=1S/C12H18N2O2S2/c1-9(2)8-18(15,16)14-7-10-4-3-5-11(6-10)12(13)17/h3-6,9,14H,7-8H2,1-2H3,(H2,13,17). The SMILES string of the molecule is CC(C)CS(=O)(=O)NCc1cccc(C(N)=S)c1. The Kier molecular flexibility index (Phi) is 5.25. The predicted molar refractivity (Wildman–Crippen MR) is 77.8 cm³/mol. The van der Waals surface area contributed by atoms with Gasteiger partial charge >= 0.3 is 0 Å². The van der Waals surface area contributed by atoms with Crippen LogP contribution in [0.1, 0.15) is 25.0 Å². The van der Waals surface area contributed by atoms with E-state index in [1.54, 1.807) is 18.2 Å². The molecule has 1 rings (SSSR count). The van der Waals surface area contributed by atoms with Crippen molar-refractivity contribution >= 4 is 27.2 Å². The Bertz CT molecular complexity index is 525. The first kappa shape index (κ1) is 15.1. The lowest BCUT2D eigenvalue weighted by molar-refractivity contribution is 0.568. The van der Waals surface area contributed by atoms with Crippen molar-refractivity contribution in [3.63, 3.8) is 0 Å². The van der Waals surface area contributed by atoms with Crippen LogP contribution in [0.25, 0.3) is 0 Å². The molecule has 0 saturated carbocycles. The quantitative estimate of drug-likeness (QED) is 0.775. The maximum atomic E-state index is 11.7. The van der Waals surface area contributed by atoms with E-state index in [0.717, 1.165) is 11.1 Å². The zero-order chi connectivity index (χ0) is 13.8. The number of rotatable bonds is 6. The third kappa shape index (κ3) is 5.12. The summed E-state index contributed by atoms with van der Waals surface area (Å²) in [6, 6.07) is 7.23. The Morgan fingerprint density at radius 3 is 2.67 bits per heavy atom. The van der Waals surface area contributed by atoms with Crippen molar-refractivity contribution in [2.75, 3.05) is 5.75 Å². The minimum absolute atomic E-state index is 0.102.